The third-order valence-electron chi connectivity index (χ3n) is 2.73. The second-order valence-corrected chi connectivity index (χ2v) is 5.08. The molecule has 2 heteroatoms. The summed E-state index contributed by atoms with van der Waals surface area (Å²) in [7, 11) is 2.02. The summed E-state index contributed by atoms with van der Waals surface area (Å²) in [6.45, 7) is 6.69. The van der Waals surface area contributed by atoms with Crippen molar-refractivity contribution in [1.29, 1.82) is 0 Å². The summed E-state index contributed by atoms with van der Waals surface area (Å²) in [6, 6.07) is 0. The lowest BCUT2D eigenvalue weighted by Gasteiger charge is -2.21. The molecule has 1 heterocycles. The van der Waals surface area contributed by atoms with E-state index in [4.69, 9.17) is 0 Å². The van der Waals surface area contributed by atoms with Gasteiger partial charge in [-0.05, 0) is 12.0 Å². The maximum Gasteiger partial charge on any atom is 0.0571 e. The second-order valence-electron chi connectivity index (χ2n) is 5.08. The minimum atomic E-state index is 0.137. The first-order valence-corrected chi connectivity index (χ1v) is 5.39. The van der Waals surface area contributed by atoms with Crippen LogP contribution in [0.25, 0.3) is 5.57 Å². The van der Waals surface area contributed by atoms with Crippen LogP contribution in [-0.4, -0.2) is 9.78 Å². The molecule has 0 bridgehead atoms. The van der Waals surface area contributed by atoms with Gasteiger partial charge in [-0.25, -0.2) is 0 Å². The molecule has 2 nitrogen and oxygen atoms in total. The minimum absolute atomic E-state index is 0.137. The Kier molecular flexibility index (Phi) is 2.29. The lowest BCUT2D eigenvalue weighted by molar-refractivity contribution is 0.522. The van der Waals surface area contributed by atoms with E-state index < -0.39 is 0 Å². The number of nitrogens with zero attached hydrogens (tertiary/aromatic N) is 2. The lowest BCUT2D eigenvalue weighted by Crippen LogP contribution is -2.18. The molecule has 0 aromatic carbocycles. The summed E-state index contributed by atoms with van der Waals surface area (Å²) in [5.41, 5.74) is 4.03. The monoisotopic (exact) mass is 202 g/mol. The van der Waals surface area contributed by atoms with E-state index in [2.05, 4.69) is 44.1 Å². The average Bonchev–Trinajstić information content (AvgIpc) is 2.68. The first-order chi connectivity index (χ1) is 7.00. The Hall–Kier alpha value is -1.31. The average molecular weight is 202 g/mol. The summed E-state index contributed by atoms with van der Waals surface area (Å²) in [6.07, 6.45) is 9.66. The molecule has 0 unspecified atom stereocenters. The van der Waals surface area contributed by atoms with Crippen LogP contribution in [0.4, 0.5) is 0 Å². The summed E-state index contributed by atoms with van der Waals surface area (Å²) in [5, 5.41) is 4.37. The minimum Gasteiger partial charge on any atom is -0.271 e. The summed E-state index contributed by atoms with van der Waals surface area (Å²) < 4.78 is 1.99. The Bertz CT molecular complexity index is 428. The van der Waals surface area contributed by atoms with Gasteiger partial charge in [0.25, 0.3) is 0 Å². The molecule has 0 saturated heterocycles. The Morgan fingerprint density at radius 2 is 2.07 bits per heavy atom. The zero-order chi connectivity index (χ0) is 11.1. The van der Waals surface area contributed by atoms with Crippen LogP contribution < -0.4 is 0 Å². The number of aromatic nitrogens is 2. The van der Waals surface area contributed by atoms with E-state index in [9.17, 15) is 0 Å². The SMILES string of the molecule is Cn1ncc(C2=CCC=C2)c1C(C)(C)C. The molecule has 0 radical (unpaired) electrons. The molecule has 0 atom stereocenters. The van der Waals surface area contributed by atoms with Crippen molar-refractivity contribution in [2.75, 3.05) is 0 Å². The number of rotatable bonds is 1. The van der Waals surface area contributed by atoms with Gasteiger partial charge in [-0.3, -0.25) is 4.68 Å². The molecule has 15 heavy (non-hydrogen) atoms. The number of aryl methyl sites for hydroxylation is 1. The van der Waals surface area contributed by atoms with Crippen molar-refractivity contribution >= 4 is 5.57 Å². The zero-order valence-electron chi connectivity index (χ0n) is 9.91. The van der Waals surface area contributed by atoms with Crippen LogP contribution in [0, 0.1) is 0 Å². The van der Waals surface area contributed by atoms with Gasteiger partial charge >= 0.3 is 0 Å². The van der Waals surface area contributed by atoms with E-state index in [0.29, 0.717) is 0 Å². The van der Waals surface area contributed by atoms with E-state index >= 15 is 0 Å². The Morgan fingerprint density at radius 3 is 2.60 bits per heavy atom. The molecule has 0 aliphatic heterocycles. The molecule has 1 aromatic rings. The van der Waals surface area contributed by atoms with Gasteiger partial charge in [0.2, 0.25) is 0 Å². The van der Waals surface area contributed by atoms with Crippen LogP contribution in [-0.2, 0) is 12.5 Å². The zero-order valence-corrected chi connectivity index (χ0v) is 9.91. The fraction of sp³-hybridized carbons (Fsp3) is 0.462. The highest BCUT2D eigenvalue weighted by atomic mass is 15.3. The molecule has 2 rings (SSSR count). The molecule has 1 aliphatic rings. The molecular weight excluding hydrogens is 184 g/mol. The first kappa shape index (κ1) is 10.2. The molecular formula is C13H18N2. The largest absolute Gasteiger partial charge is 0.271 e. The molecule has 0 amide bonds. The highest BCUT2D eigenvalue weighted by Gasteiger charge is 2.23. The van der Waals surface area contributed by atoms with Gasteiger partial charge in [0.1, 0.15) is 0 Å². The van der Waals surface area contributed by atoms with E-state index in [0.717, 1.165) is 6.42 Å². The standard InChI is InChI=1S/C13H18N2/c1-13(2,3)12-11(9-14-15(12)4)10-7-5-6-8-10/h5,7-9H,6H2,1-4H3. The highest BCUT2D eigenvalue weighted by Crippen LogP contribution is 2.32. The summed E-state index contributed by atoms with van der Waals surface area (Å²) in [4.78, 5) is 0. The van der Waals surface area contributed by atoms with Gasteiger partial charge in [-0.15, -0.1) is 0 Å². The fourth-order valence-corrected chi connectivity index (χ4v) is 2.20. The van der Waals surface area contributed by atoms with Gasteiger partial charge in [-0.2, -0.15) is 5.10 Å². The summed E-state index contributed by atoms with van der Waals surface area (Å²) in [5.74, 6) is 0. The van der Waals surface area contributed by atoms with Gasteiger partial charge in [0.05, 0.1) is 11.9 Å². The van der Waals surface area contributed by atoms with Gasteiger partial charge in [0.15, 0.2) is 0 Å². The van der Waals surface area contributed by atoms with Crippen LogP contribution in [0.2, 0.25) is 0 Å². The maximum absolute atomic E-state index is 4.37. The van der Waals surface area contributed by atoms with Crippen molar-refractivity contribution < 1.29 is 0 Å². The molecule has 0 spiro atoms. The van der Waals surface area contributed by atoms with Crippen molar-refractivity contribution in [2.24, 2.45) is 7.05 Å². The van der Waals surface area contributed by atoms with Crippen LogP contribution in [0.3, 0.4) is 0 Å². The van der Waals surface area contributed by atoms with E-state index in [1.54, 1.807) is 0 Å². The van der Waals surface area contributed by atoms with Crippen molar-refractivity contribution in [3.05, 3.63) is 35.7 Å². The Balaban J connectivity index is 2.54. The van der Waals surface area contributed by atoms with Crippen molar-refractivity contribution in [3.8, 4) is 0 Å². The highest BCUT2D eigenvalue weighted by molar-refractivity contribution is 5.77. The van der Waals surface area contributed by atoms with Crippen molar-refractivity contribution in [2.45, 2.75) is 32.6 Å². The molecule has 1 aliphatic carbocycles. The number of allylic oxidation sites excluding steroid dienone is 4. The van der Waals surface area contributed by atoms with Crippen LogP contribution in [0.5, 0.6) is 0 Å². The first-order valence-electron chi connectivity index (χ1n) is 5.39. The van der Waals surface area contributed by atoms with Crippen molar-refractivity contribution in [1.82, 2.24) is 9.78 Å². The van der Waals surface area contributed by atoms with Crippen LogP contribution in [0.15, 0.2) is 24.4 Å². The lowest BCUT2D eigenvalue weighted by atomic mass is 9.87. The van der Waals surface area contributed by atoms with E-state index in [1.165, 1.54) is 16.8 Å². The molecule has 0 saturated carbocycles. The Labute approximate surface area is 91.3 Å². The quantitative estimate of drug-likeness (QED) is 0.684. The van der Waals surface area contributed by atoms with E-state index in [-0.39, 0.29) is 5.41 Å². The van der Waals surface area contributed by atoms with Gasteiger partial charge in [-0.1, -0.05) is 39.0 Å². The number of hydrogen-bond acceptors (Lipinski definition) is 1. The predicted molar refractivity (Wildman–Crippen MR) is 63.6 cm³/mol. The normalized spacial score (nSPS) is 15.9. The second kappa shape index (κ2) is 3.37. The van der Waals surface area contributed by atoms with Gasteiger partial charge in [0, 0.05) is 18.0 Å². The molecule has 1 aromatic heterocycles. The molecule has 0 fully saturated rings. The van der Waals surface area contributed by atoms with E-state index in [1.807, 2.05) is 17.9 Å². The third-order valence-corrected chi connectivity index (χ3v) is 2.73. The predicted octanol–water partition coefficient (Wildman–Crippen LogP) is 3.06. The third kappa shape index (κ3) is 1.76. The maximum atomic E-state index is 4.37. The van der Waals surface area contributed by atoms with Crippen molar-refractivity contribution in [3.63, 3.8) is 0 Å². The van der Waals surface area contributed by atoms with Crippen LogP contribution in [0.1, 0.15) is 38.4 Å². The topological polar surface area (TPSA) is 17.8 Å². The fourth-order valence-electron chi connectivity index (χ4n) is 2.20. The van der Waals surface area contributed by atoms with Crippen LogP contribution >= 0.6 is 0 Å². The molecule has 0 N–H and O–H groups in total. The smallest absolute Gasteiger partial charge is 0.0571 e. The number of hydrogen-bond donors (Lipinski definition) is 0. The summed E-state index contributed by atoms with van der Waals surface area (Å²) >= 11 is 0. The Morgan fingerprint density at radius 1 is 1.33 bits per heavy atom. The molecule has 80 valence electrons. The van der Waals surface area contributed by atoms with Gasteiger partial charge < -0.3 is 0 Å².